The van der Waals surface area contributed by atoms with Crippen molar-refractivity contribution in [3.05, 3.63) is 84.8 Å². The molecule has 2 aromatic heterocycles. The number of hydrogen-bond acceptors (Lipinski definition) is 7. The number of amides is 3. The largest absolute Gasteiger partial charge is 0.463 e. The van der Waals surface area contributed by atoms with Crippen molar-refractivity contribution < 1.29 is 23.9 Å². The number of nitrogens with one attached hydrogen (secondary N) is 1. The van der Waals surface area contributed by atoms with E-state index in [1.165, 1.54) is 15.8 Å². The molecule has 3 amide bonds. The molecule has 1 aliphatic rings. The van der Waals surface area contributed by atoms with Crippen LogP contribution in [0.1, 0.15) is 31.9 Å². The Morgan fingerprint density at radius 1 is 1.05 bits per heavy atom. The Morgan fingerprint density at radius 2 is 1.76 bits per heavy atom. The molecule has 42 heavy (non-hydrogen) atoms. The Morgan fingerprint density at radius 3 is 2.40 bits per heavy atom. The number of furan rings is 1. The number of primary amides is 1. The summed E-state index contributed by atoms with van der Waals surface area (Å²) in [6.45, 7) is 3.71. The van der Waals surface area contributed by atoms with Gasteiger partial charge in [-0.2, -0.15) is 0 Å². The zero-order valence-electron chi connectivity index (χ0n) is 23.5. The number of nitrogens with two attached hydrogens (primary N) is 1. The summed E-state index contributed by atoms with van der Waals surface area (Å²) in [4.78, 5) is 41.0. The van der Waals surface area contributed by atoms with Gasteiger partial charge in [0.05, 0.1) is 18.6 Å². The third-order valence-corrected chi connectivity index (χ3v) is 7.48. The molecule has 4 N–H and O–H groups in total. The van der Waals surface area contributed by atoms with Crippen molar-refractivity contribution in [3.63, 3.8) is 0 Å². The van der Waals surface area contributed by atoms with E-state index >= 15 is 0 Å². The highest BCUT2D eigenvalue weighted by atomic mass is 16.3. The second-order valence-corrected chi connectivity index (χ2v) is 10.9. The summed E-state index contributed by atoms with van der Waals surface area (Å²) in [5, 5.41) is 21.5. The second-order valence-electron chi connectivity index (χ2n) is 10.9. The third kappa shape index (κ3) is 6.26. The summed E-state index contributed by atoms with van der Waals surface area (Å²) in [5.74, 6) is -1.33. The minimum absolute atomic E-state index is 0.0257. The molecule has 4 aromatic rings. The van der Waals surface area contributed by atoms with Crippen LogP contribution in [0.2, 0.25) is 0 Å². The number of carbonyl (C=O) groups is 3. The minimum Gasteiger partial charge on any atom is -0.463 e. The van der Waals surface area contributed by atoms with Gasteiger partial charge in [-0.05, 0) is 34.7 Å². The molecule has 1 saturated heterocycles. The van der Waals surface area contributed by atoms with Crippen LogP contribution in [0.15, 0.2) is 83.6 Å². The van der Waals surface area contributed by atoms with E-state index in [9.17, 15) is 19.5 Å². The molecule has 11 heteroatoms. The average molecular weight is 571 g/mol. The standard InChI is InChI=1S/C31H34N6O5/c1-19(2)28(37-18-25(34-35-37)27-9-6-14-42-27)31(41)36-17-23(38)16-26(36)30(40)33-24(29(32)39)15-20-10-12-22(13-11-20)21-7-4-3-5-8-21/h3-14,18-19,23-24,26,28,38H,15-17H2,1-2H3,(H2,32,39)(H,33,40)/t23-,24?,26+,28?/m1/s1. The molecule has 0 aliphatic carbocycles. The molecule has 2 unspecified atom stereocenters. The molecule has 2 aromatic carbocycles. The lowest BCUT2D eigenvalue weighted by Gasteiger charge is -2.30. The predicted octanol–water partition coefficient (Wildman–Crippen LogP) is 2.58. The van der Waals surface area contributed by atoms with Gasteiger partial charge in [0.2, 0.25) is 17.7 Å². The van der Waals surface area contributed by atoms with Crippen LogP contribution in [-0.4, -0.2) is 67.5 Å². The average Bonchev–Trinajstić information content (AvgIpc) is 3.75. The highest BCUT2D eigenvalue weighted by Gasteiger charge is 2.43. The lowest BCUT2D eigenvalue weighted by molar-refractivity contribution is -0.143. The minimum atomic E-state index is -0.998. The van der Waals surface area contributed by atoms with Gasteiger partial charge >= 0.3 is 0 Å². The number of likely N-dealkylation sites (tertiary alicyclic amines) is 1. The summed E-state index contributed by atoms with van der Waals surface area (Å²) in [6, 6.07) is 18.3. The van der Waals surface area contributed by atoms with Gasteiger partial charge in [0, 0.05) is 19.4 Å². The second kappa shape index (κ2) is 12.4. The van der Waals surface area contributed by atoms with Crippen LogP contribution in [0.25, 0.3) is 22.6 Å². The third-order valence-electron chi connectivity index (χ3n) is 7.48. The van der Waals surface area contributed by atoms with Crippen molar-refractivity contribution in [2.75, 3.05) is 6.54 Å². The lowest BCUT2D eigenvalue weighted by Crippen LogP contribution is -2.54. The first-order valence-corrected chi connectivity index (χ1v) is 13.9. The summed E-state index contributed by atoms with van der Waals surface area (Å²) in [7, 11) is 0. The van der Waals surface area contributed by atoms with Crippen LogP contribution >= 0.6 is 0 Å². The highest BCUT2D eigenvalue weighted by molar-refractivity contribution is 5.93. The Balaban J connectivity index is 1.30. The zero-order chi connectivity index (χ0) is 29.8. The van der Waals surface area contributed by atoms with E-state index in [0.717, 1.165) is 16.7 Å². The zero-order valence-corrected chi connectivity index (χ0v) is 23.5. The summed E-state index contributed by atoms with van der Waals surface area (Å²) >= 11 is 0. The van der Waals surface area contributed by atoms with Gasteiger partial charge in [-0.25, -0.2) is 4.68 Å². The van der Waals surface area contributed by atoms with Gasteiger partial charge in [-0.1, -0.05) is 73.7 Å². The van der Waals surface area contributed by atoms with E-state index in [4.69, 9.17) is 10.2 Å². The number of rotatable bonds is 10. The summed E-state index contributed by atoms with van der Waals surface area (Å²) in [6.07, 6.45) is 2.46. The van der Waals surface area contributed by atoms with Crippen molar-refractivity contribution in [2.24, 2.45) is 11.7 Å². The number of β-amino-alcohol motifs (C(OH)–C–C–N with tert-alkyl or cyclic N) is 1. The van der Waals surface area contributed by atoms with Gasteiger partial charge in [0.15, 0.2) is 5.76 Å². The van der Waals surface area contributed by atoms with Gasteiger partial charge in [0.25, 0.3) is 0 Å². The first kappa shape index (κ1) is 28.7. The monoisotopic (exact) mass is 570 g/mol. The van der Waals surface area contributed by atoms with Crippen LogP contribution in [0.5, 0.6) is 0 Å². The summed E-state index contributed by atoms with van der Waals surface area (Å²) in [5.41, 5.74) is 9.05. The Kier molecular flexibility index (Phi) is 8.48. The fourth-order valence-electron chi connectivity index (χ4n) is 5.32. The molecule has 0 saturated carbocycles. The molecule has 3 heterocycles. The molecule has 0 bridgehead atoms. The molecular formula is C31H34N6O5. The Labute approximate surface area is 243 Å². The fourth-order valence-corrected chi connectivity index (χ4v) is 5.32. The number of aliphatic hydroxyl groups is 1. The highest BCUT2D eigenvalue weighted by Crippen LogP contribution is 2.28. The molecule has 1 fully saturated rings. The van der Waals surface area contributed by atoms with E-state index in [1.807, 2.05) is 68.4 Å². The van der Waals surface area contributed by atoms with E-state index < -0.39 is 36.0 Å². The van der Waals surface area contributed by atoms with Crippen LogP contribution < -0.4 is 11.1 Å². The first-order chi connectivity index (χ1) is 20.2. The summed E-state index contributed by atoms with van der Waals surface area (Å²) < 4.78 is 6.84. The number of aromatic nitrogens is 3. The van der Waals surface area contributed by atoms with E-state index in [0.29, 0.717) is 11.5 Å². The number of aliphatic hydroxyl groups excluding tert-OH is 1. The fraction of sp³-hybridized carbons (Fsp3) is 0.323. The molecule has 11 nitrogen and oxygen atoms in total. The molecular weight excluding hydrogens is 536 g/mol. The molecule has 0 radical (unpaired) electrons. The number of benzene rings is 2. The van der Waals surface area contributed by atoms with Gasteiger partial charge in [0.1, 0.15) is 23.8 Å². The molecule has 4 atom stereocenters. The Bertz CT molecular complexity index is 1520. The van der Waals surface area contributed by atoms with Crippen LogP contribution in [-0.2, 0) is 20.8 Å². The van der Waals surface area contributed by atoms with Crippen molar-refractivity contribution >= 4 is 17.7 Å². The molecule has 1 aliphatic heterocycles. The Hall–Kier alpha value is -4.77. The van der Waals surface area contributed by atoms with Crippen LogP contribution in [0.4, 0.5) is 0 Å². The van der Waals surface area contributed by atoms with Gasteiger partial charge < -0.3 is 25.5 Å². The number of carbonyl (C=O) groups excluding carboxylic acids is 3. The quantitative estimate of drug-likeness (QED) is 0.265. The lowest BCUT2D eigenvalue weighted by atomic mass is 10.00. The topological polar surface area (TPSA) is 157 Å². The van der Waals surface area contributed by atoms with Crippen molar-refractivity contribution in [2.45, 2.75) is 50.9 Å². The maximum Gasteiger partial charge on any atom is 0.248 e. The smallest absolute Gasteiger partial charge is 0.248 e. The van der Waals surface area contributed by atoms with Crippen molar-refractivity contribution in [1.82, 2.24) is 25.2 Å². The molecule has 218 valence electrons. The van der Waals surface area contributed by atoms with Crippen molar-refractivity contribution in [1.29, 1.82) is 0 Å². The first-order valence-electron chi connectivity index (χ1n) is 13.9. The van der Waals surface area contributed by atoms with Gasteiger partial charge in [-0.15, -0.1) is 5.10 Å². The number of hydrogen-bond donors (Lipinski definition) is 3. The SMILES string of the molecule is CC(C)C(C(=O)N1C[C@H](O)C[C@H]1C(=O)NC(Cc1ccc(-c2ccccc2)cc1)C(N)=O)n1cc(-c2ccco2)nn1. The maximum absolute atomic E-state index is 13.8. The van der Waals surface area contributed by atoms with E-state index in [-0.39, 0.29) is 31.2 Å². The van der Waals surface area contributed by atoms with Crippen LogP contribution in [0.3, 0.4) is 0 Å². The van der Waals surface area contributed by atoms with Crippen molar-refractivity contribution in [3.8, 4) is 22.6 Å². The van der Waals surface area contributed by atoms with Gasteiger partial charge in [-0.3, -0.25) is 14.4 Å². The maximum atomic E-state index is 13.8. The molecule has 5 rings (SSSR count). The number of nitrogens with zero attached hydrogens (tertiary/aromatic N) is 4. The molecule has 0 spiro atoms. The van der Waals surface area contributed by atoms with Crippen LogP contribution in [0, 0.1) is 5.92 Å². The normalized spacial score (nSPS) is 18.1. The predicted molar refractivity (Wildman–Crippen MR) is 154 cm³/mol. The van der Waals surface area contributed by atoms with E-state index in [1.54, 1.807) is 18.3 Å². The van der Waals surface area contributed by atoms with E-state index in [2.05, 4.69) is 15.6 Å².